The van der Waals surface area contributed by atoms with Gasteiger partial charge in [0.05, 0.1) is 0 Å². The largest absolute Gasteiger partial charge is 0.483 e. The second-order valence-corrected chi connectivity index (χ2v) is 7.63. The number of nitrogens with one attached hydrogen (secondary N) is 2. The lowest BCUT2D eigenvalue weighted by atomic mass is 10.1. The molecular formula is C27H25N3O3. The molecule has 0 aliphatic carbocycles. The number of benzene rings is 3. The first kappa shape index (κ1) is 23.3. The van der Waals surface area contributed by atoms with Crippen molar-refractivity contribution in [2.24, 2.45) is 0 Å². The summed E-state index contributed by atoms with van der Waals surface area (Å²) < 4.78 is 5.70. The van der Waals surface area contributed by atoms with Gasteiger partial charge in [-0.25, -0.2) is 0 Å². The number of para-hydroxylation sites is 2. The van der Waals surface area contributed by atoms with Crippen LogP contribution < -0.4 is 15.4 Å². The van der Waals surface area contributed by atoms with Crippen LogP contribution in [0.2, 0.25) is 0 Å². The Morgan fingerprint density at radius 1 is 0.909 bits per heavy atom. The summed E-state index contributed by atoms with van der Waals surface area (Å²) in [7, 11) is 0. The van der Waals surface area contributed by atoms with Gasteiger partial charge in [-0.15, -0.1) is 0 Å². The first-order chi connectivity index (χ1) is 15.9. The normalized spacial score (nSPS) is 10.8. The molecule has 0 unspecified atom stereocenters. The smallest absolute Gasteiger partial charge is 0.266 e. The molecule has 0 aliphatic rings. The Balaban J connectivity index is 1.71. The van der Waals surface area contributed by atoms with E-state index in [1.54, 1.807) is 30.3 Å². The molecule has 0 atom stereocenters. The van der Waals surface area contributed by atoms with Crippen LogP contribution in [0, 0.1) is 32.1 Å². The number of amides is 2. The van der Waals surface area contributed by atoms with Crippen molar-refractivity contribution in [2.45, 2.75) is 20.8 Å². The minimum absolute atomic E-state index is 0.0750. The van der Waals surface area contributed by atoms with Crippen LogP contribution in [0.1, 0.15) is 22.3 Å². The van der Waals surface area contributed by atoms with Crippen LogP contribution in [0.4, 0.5) is 11.4 Å². The van der Waals surface area contributed by atoms with Crippen molar-refractivity contribution < 1.29 is 14.3 Å². The number of nitrogens with zero attached hydrogens (tertiary/aromatic N) is 1. The van der Waals surface area contributed by atoms with E-state index in [9.17, 15) is 14.9 Å². The fourth-order valence-electron chi connectivity index (χ4n) is 3.22. The standard InChI is InChI=1S/C27H25N3O3/c1-18-12-13-24(20(3)14-18)29-26(31)17-33-25-11-7-5-9-21(25)15-22(16-28)27(32)30-23-10-6-4-8-19(23)2/h4-15H,17H2,1-3H3,(H,29,31)(H,30,32)/b22-15-. The molecule has 6 nitrogen and oxygen atoms in total. The van der Waals surface area contributed by atoms with E-state index in [1.165, 1.54) is 6.08 Å². The van der Waals surface area contributed by atoms with Gasteiger partial charge in [0.25, 0.3) is 11.8 Å². The molecule has 166 valence electrons. The van der Waals surface area contributed by atoms with Crippen LogP contribution in [-0.2, 0) is 9.59 Å². The number of ether oxygens (including phenoxy) is 1. The second kappa shape index (κ2) is 10.8. The second-order valence-electron chi connectivity index (χ2n) is 7.63. The molecule has 0 aliphatic heterocycles. The number of hydrogen-bond donors (Lipinski definition) is 2. The lowest BCUT2D eigenvalue weighted by Crippen LogP contribution is -2.21. The fraction of sp³-hybridized carbons (Fsp3) is 0.148. The van der Waals surface area contributed by atoms with Gasteiger partial charge in [-0.1, -0.05) is 54.1 Å². The molecule has 6 heteroatoms. The van der Waals surface area contributed by atoms with Gasteiger partial charge in [0, 0.05) is 16.9 Å². The summed E-state index contributed by atoms with van der Waals surface area (Å²) in [6, 6.07) is 22.0. The summed E-state index contributed by atoms with van der Waals surface area (Å²) in [5, 5.41) is 15.1. The fourth-order valence-corrected chi connectivity index (χ4v) is 3.22. The third-order valence-electron chi connectivity index (χ3n) is 4.99. The molecule has 2 N–H and O–H groups in total. The predicted octanol–water partition coefficient (Wildman–Crippen LogP) is 5.18. The number of rotatable bonds is 7. The third-order valence-corrected chi connectivity index (χ3v) is 4.99. The van der Waals surface area contributed by atoms with E-state index >= 15 is 0 Å². The molecule has 3 rings (SSSR count). The first-order valence-corrected chi connectivity index (χ1v) is 10.4. The van der Waals surface area contributed by atoms with Crippen LogP contribution in [0.5, 0.6) is 5.75 Å². The summed E-state index contributed by atoms with van der Waals surface area (Å²) >= 11 is 0. The monoisotopic (exact) mass is 439 g/mol. The van der Waals surface area contributed by atoms with Gasteiger partial charge in [0.1, 0.15) is 17.4 Å². The van der Waals surface area contributed by atoms with Crippen molar-refractivity contribution in [3.63, 3.8) is 0 Å². The highest BCUT2D eigenvalue weighted by atomic mass is 16.5. The highest BCUT2D eigenvalue weighted by molar-refractivity contribution is 6.10. The summed E-state index contributed by atoms with van der Waals surface area (Å²) in [6.07, 6.45) is 1.45. The average molecular weight is 440 g/mol. The van der Waals surface area contributed by atoms with Gasteiger partial charge >= 0.3 is 0 Å². The molecule has 0 saturated heterocycles. The zero-order chi connectivity index (χ0) is 23.8. The van der Waals surface area contributed by atoms with E-state index in [1.807, 2.05) is 63.2 Å². The Bertz CT molecular complexity index is 1260. The van der Waals surface area contributed by atoms with E-state index in [0.717, 1.165) is 22.4 Å². The number of aryl methyl sites for hydroxylation is 3. The Labute approximate surface area is 193 Å². The van der Waals surface area contributed by atoms with Gasteiger partial charge in [-0.2, -0.15) is 5.26 Å². The minimum Gasteiger partial charge on any atom is -0.483 e. The molecule has 2 amide bonds. The summed E-state index contributed by atoms with van der Waals surface area (Å²) in [4.78, 5) is 25.0. The maximum absolute atomic E-state index is 12.6. The Morgan fingerprint density at radius 3 is 2.33 bits per heavy atom. The molecular weight excluding hydrogens is 414 g/mol. The van der Waals surface area contributed by atoms with E-state index in [4.69, 9.17) is 4.74 Å². The average Bonchev–Trinajstić information content (AvgIpc) is 2.80. The molecule has 3 aromatic rings. The number of carbonyl (C=O) groups excluding carboxylic acids is 2. The van der Waals surface area contributed by atoms with Crippen molar-refractivity contribution >= 4 is 29.3 Å². The topological polar surface area (TPSA) is 91.2 Å². The van der Waals surface area contributed by atoms with Gasteiger partial charge in [-0.3, -0.25) is 9.59 Å². The van der Waals surface area contributed by atoms with Crippen molar-refractivity contribution in [3.05, 3.63) is 94.6 Å². The molecule has 0 heterocycles. The van der Waals surface area contributed by atoms with E-state index < -0.39 is 5.91 Å². The third kappa shape index (κ3) is 6.31. The quantitative estimate of drug-likeness (QED) is 0.392. The molecule has 0 saturated carbocycles. The zero-order valence-corrected chi connectivity index (χ0v) is 18.8. The highest BCUT2D eigenvalue weighted by Gasteiger charge is 2.13. The van der Waals surface area contributed by atoms with Gasteiger partial charge in [0.2, 0.25) is 0 Å². The van der Waals surface area contributed by atoms with Crippen molar-refractivity contribution in [2.75, 3.05) is 17.2 Å². The molecule has 0 radical (unpaired) electrons. The number of carbonyl (C=O) groups is 2. The number of nitriles is 1. The van der Waals surface area contributed by atoms with Crippen molar-refractivity contribution in [1.82, 2.24) is 0 Å². The first-order valence-electron chi connectivity index (χ1n) is 10.4. The predicted molar refractivity (Wildman–Crippen MR) is 130 cm³/mol. The van der Waals surface area contributed by atoms with E-state index in [0.29, 0.717) is 17.0 Å². The molecule has 33 heavy (non-hydrogen) atoms. The molecule has 0 bridgehead atoms. The van der Waals surface area contributed by atoms with Crippen LogP contribution >= 0.6 is 0 Å². The van der Waals surface area contributed by atoms with Crippen molar-refractivity contribution in [3.8, 4) is 11.8 Å². The summed E-state index contributed by atoms with van der Waals surface area (Å²) in [5.41, 5.74) is 4.77. The van der Waals surface area contributed by atoms with Crippen LogP contribution in [0.3, 0.4) is 0 Å². The van der Waals surface area contributed by atoms with Crippen LogP contribution in [0.15, 0.2) is 72.3 Å². The van der Waals surface area contributed by atoms with E-state index in [2.05, 4.69) is 10.6 Å². The van der Waals surface area contributed by atoms with Crippen molar-refractivity contribution in [1.29, 1.82) is 5.26 Å². The van der Waals surface area contributed by atoms with Crippen LogP contribution in [-0.4, -0.2) is 18.4 Å². The highest BCUT2D eigenvalue weighted by Crippen LogP contribution is 2.22. The molecule has 0 fully saturated rings. The van der Waals surface area contributed by atoms with Gasteiger partial charge in [-0.05, 0) is 56.2 Å². The zero-order valence-electron chi connectivity index (χ0n) is 18.8. The minimum atomic E-state index is -0.519. The van der Waals surface area contributed by atoms with E-state index in [-0.39, 0.29) is 18.1 Å². The Kier molecular flexibility index (Phi) is 7.61. The SMILES string of the molecule is Cc1ccc(NC(=O)COc2ccccc2/C=C(/C#N)C(=O)Nc2ccccc2C)c(C)c1. The number of anilines is 2. The van der Waals surface area contributed by atoms with Crippen LogP contribution in [0.25, 0.3) is 6.08 Å². The summed E-state index contributed by atoms with van der Waals surface area (Å²) in [5.74, 6) is -0.433. The Hall–Kier alpha value is -4.37. The molecule has 3 aromatic carbocycles. The lowest BCUT2D eigenvalue weighted by Gasteiger charge is -2.12. The maximum atomic E-state index is 12.6. The lowest BCUT2D eigenvalue weighted by molar-refractivity contribution is -0.118. The molecule has 0 aromatic heterocycles. The number of hydrogen-bond acceptors (Lipinski definition) is 4. The van der Waals surface area contributed by atoms with Gasteiger partial charge < -0.3 is 15.4 Å². The Morgan fingerprint density at radius 2 is 1.61 bits per heavy atom. The summed E-state index contributed by atoms with van der Waals surface area (Å²) in [6.45, 7) is 5.57. The molecule has 0 spiro atoms. The maximum Gasteiger partial charge on any atom is 0.266 e. The van der Waals surface area contributed by atoms with Gasteiger partial charge in [0.15, 0.2) is 6.61 Å².